The van der Waals surface area contributed by atoms with Gasteiger partial charge in [0.25, 0.3) is 0 Å². The van der Waals surface area contributed by atoms with E-state index < -0.39 is 5.92 Å². The quantitative estimate of drug-likeness (QED) is 0.891. The fourth-order valence-corrected chi connectivity index (χ4v) is 3.61. The molecule has 1 aromatic carbocycles. The summed E-state index contributed by atoms with van der Waals surface area (Å²) in [6, 6.07) is 7.45. The van der Waals surface area contributed by atoms with Gasteiger partial charge in [-0.05, 0) is 24.5 Å². The molecule has 0 bridgehead atoms. The summed E-state index contributed by atoms with van der Waals surface area (Å²) in [4.78, 5) is 24.6. The lowest BCUT2D eigenvalue weighted by Crippen LogP contribution is -2.35. The van der Waals surface area contributed by atoms with Crippen LogP contribution in [-0.2, 0) is 29.1 Å². The third kappa shape index (κ3) is 3.14. The zero-order valence-corrected chi connectivity index (χ0v) is 14.0. The normalized spacial score (nSPS) is 19.4. The van der Waals surface area contributed by atoms with Crippen molar-refractivity contribution in [3.63, 3.8) is 0 Å². The van der Waals surface area contributed by atoms with Crippen LogP contribution in [0.3, 0.4) is 0 Å². The van der Waals surface area contributed by atoms with Crippen molar-refractivity contribution in [2.75, 3.05) is 5.32 Å². The Kier molecular flexibility index (Phi) is 4.21. The molecule has 2 aromatic rings. The zero-order chi connectivity index (χ0) is 17.2. The lowest BCUT2D eigenvalue weighted by atomic mass is 9.90. The summed E-state index contributed by atoms with van der Waals surface area (Å²) in [5, 5.41) is 14.2. The summed E-state index contributed by atoms with van der Waals surface area (Å²) in [6.45, 7) is 1.24. The minimum atomic E-state index is -0.462. The monoisotopic (exact) mass is 339 g/mol. The minimum absolute atomic E-state index is 0.129. The van der Waals surface area contributed by atoms with E-state index in [1.54, 1.807) is 0 Å². The van der Waals surface area contributed by atoms with Gasteiger partial charge in [-0.3, -0.25) is 9.59 Å². The molecular formula is C18H21N5O2. The predicted octanol–water partition coefficient (Wildman–Crippen LogP) is 1.75. The van der Waals surface area contributed by atoms with Gasteiger partial charge in [-0.15, -0.1) is 10.2 Å². The predicted molar refractivity (Wildman–Crippen MR) is 91.9 cm³/mol. The number of nitrogens with zero attached hydrogens (tertiary/aromatic N) is 3. The van der Waals surface area contributed by atoms with Crippen molar-refractivity contribution >= 4 is 17.5 Å². The number of amides is 2. The van der Waals surface area contributed by atoms with E-state index >= 15 is 0 Å². The summed E-state index contributed by atoms with van der Waals surface area (Å²) in [5.74, 6) is 1.06. The summed E-state index contributed by atoms with van der Waals surface area (Å²) in [5.41, 5.74) is 1.58. The van der Waals surface area contributed by atoms with E-state index in [-0.39, 0.29) is 18.2 Å². The molecule has 0 saturated heterocycles. The number of rotatable bonds is 3. The Bertz CT molecular complexity index is 814. The Labute approximate surface area is 145 Å². The molecule has 1 aromatic heterocycles. The molecule has 2 N–H and O–H groups in total. The first-order valence-electron chi connectivity index (χ1n) is 8.80. The van der Waals surface area contributed by atoms with Crippen molar-refractivity contribution in [2.24, 2.45) is 0 Å². The number of fused-ring (bicyclic) bond motifs is 2. The Morgan fingerprint density at radius 2 is 2.12 bits per heavy atom. The maximum Gasteiger partial charge on any atom is 0.228 e. The van der Waals surface area contributed by atoms with E-state index in [9.17, 15) is 9.59 Å². The number of anilines is 1. The highest BCUT2D eigenvalue weighted by molar-refractivity contribution is 6.01. The SMILES string of the molecule is O=C1CC(C(=O)NCc2nnc3n2CCCCC3)c2ccccc2N1. The smallest absolute Gasteiger partial charge is 0.228 e. The second kappa shape index (κ2) is 6.66. The first-order valence-corrected chi connectivity index (χ1v) is 8.80. The van der Waals surface area contributed by atoms with Gasteiger partial charge < -0.3 is 15.2 Å². The Morgan fingerprint density at radius 3 is 3.04 bits per heavy atom. The molecule has 1 unspecified atom stereocenters. The van der Waals surface area contributed by atoms with Crippen LogP contribution >= 0.6 is 0 Å². The van der Waals surface area contributed by atoms with Gasteiger partial charge in [-0.1, -0.05) is 24.6 Å². The third-order valence-corrected chi connectivity index (χ3v) is 4.92. The number of hydrogen-bond donors (Lipinski definition) is 2. The average Bonchev–Trinajstić information content (AvgIpc) is 2.85. The molecule has 2 aliphatic rings. The Hall–Kier alpha value is -2.70. The molecule has 3 heterocycles. The van der Waals surface area contributed by atoms with Gasteiger partial charge in [0.15, 0.2) is 5.82 Å². The summed E-state index contributed by atoms with van der Waals surface area (Å²) in [7, 11) is 0. The van der Waals surface area contributed by atoms with E-state index in [0.717, 1.165) is 48.7 Å². The van der Waals surface area contributed by atoms with Gasteiger partial charge in [-0.2, -0.15) is 0 Å². The molecule has 0 radical (unpaired) electrons. The molecule has 25 heavy (non-hydrogen) atoms. The van der Waals surface area contributed by atoms with Crippen LogP contribution in [0.2, 0.25) is 0 Å². The Balaban J connectivity index is 1.48. The highest BCUT2D eigenvalue weighted by Crippen LogP contribution is 2.32. The molecular weight excluding hydrogens is 318 g/mol. The van der Waals surface area contributed by atoms with E-state index in [2.05, 4.69) is 25.4 Å². The molecule has 0 spiro atoms. The second-order valence-corrected chi connectivity index (χ2v) is 6.60. The number of aryl methyl sites for hydroxylation is 1. The number of nitrogens with one attached hydrogen (secondary N) is 2. The number of carbonyl (C=O) groups excluding carboxylic acids is 2. The first kappa shape index (κ1) is 15.8. The molecule has 1 atom stereocenters. The van der Waals surface area contributed by atoms with E-state index in [1.165, 1.54) is 6.42 Å². The van der Waals surface area contributed by atoms with Crippen LogP contribution in [0.4, 0.5) is 5.69 Å². The zero-order valence-electron chi connectivity index (χ0n) is 14.0. The molecule has 130 valence electrons. The Morgan fingerprint density at radius 1 is 1.24 bits per heavy atom. The van der Waals surface area contributed by atoms with Crippen LogP contribution in [0, 0.1) is 0 Å². The van der Waals surface area contributed by atoms with Gasteiger partial charge in [0.05, 0.1) is 12.5 Å². The highest BCUT2D eigenvalue weighted by atomic mass is 16.2. The van der Waals surface area contributed by atoms with Crippen LogP contribution in [0.5, 0.6) is 0 Å². The van der Waals surface area contributed by atoms with Crippen molar-refractivity contribution in [1.29, 1.82) is 0 Å². The second-order valence-electron chi connectivity index (χ2n) is 6.60. The largest absolute Gasteiger partial charge is 0.348 e. The minimum Gasteiger partial charge on any atom is -0.348 e. The molecule has 2 aliphatic heterocycles. The van der Waals surface area contributed by atoms with E-state index in [1.807, 2.05) is 24.3 Å². The van der Waals surface area contributed by atoms with Crippen LogP contribution in [0.25, 0.3) is 0 Å². The van der Waals surface area contributed by atoms with Crippen molar-refractivity contribution < 1.29 is 9.59 Å². The average molecular weight is 339 g/mol. The molecule has 0 aliphatic carbocycles. The number of carbonyl (C=O) groups is 2. The molecule has 2 amide bonds. The van der Waals surface area contributed by atoms with Crippen LogP contribution in [-0.4, -0.2) is 26.6 Å². The number of hydrogen-bond acceptors (Lipinski definition) is 4. The molecule has 4 rings (SSSR count). The lowest BCUT2D eigenvalue weighted by Gasteiger charge is -2.24. The summed E-state index contributed by atoms with van der Waals surface area (Å²) >= 11 is 0. The van der Waals surface area contributed by atoms with Gasteiger partial charge in [0.2, 0.25) is 11.8 Å². The van der Waals surface area contributed by atoms with Gasteiger partial charge in [0.1, 0.15) is 5.82 Å². The molecule has 0 fully saturated rings. The third-order valence-electron chi connectivity index (χ3n) is 4.92. The molecule has 0 saturated carbocycles. The number of aromatic nitrogens is 3. The molecule has 7 heteroatoms. The van der Waals surface area contributed by atoms with Crippen LogP contribution in [0.15, 0.2) is 24.3 Å². The van der Waals surface area contributed by atoms with Gasteiger partial charge >= 0.3 is 0 Å². The summed E-state index contributed by atoms with van der Waals surface area (Å²) in [6.07, 6.45) is 4.56. The summed E-state index contributed by atoms with van der Waals surface area (Å²) < 4.78 is 2.12. The highest BCUT2D eigenvalue weighted by Gasteiger charge is 2.30. The van der Waals surface area contributed by atoms with Gasteiger partial charge in [-0.25, -0.2) is 0 Å². The number of benzene rings is 1. The van der Waals surface area contributed by atoms with Crippen LogP contribution < -0.4 is 10.6 Å². The van der Waals surface area contributed by atoms with Crippen molar-refractivity contribution in [1.82, 2.24) is 20.1 Å². The van der Waals surface area contributed by atoms with Crippen molar-refractivity contribution in [2.45, 2.75) is 51.1 Å². The standard InChI is InChI=1S/C18H21N5O2/c24-17-10-13(12-6-3-4-7-14(12)20-17)18(25)19-11-16-22-21-15-8-2-1-5-9-23(15)16/h3-4,6-7,13H,1-2,5,8-11H2,(H,19,25)(H,20,24). The fourth-order valence-electron chi connectivity index (χ4n) is 3.61. The van der Waals surface area contributed by atoms with Crippen molar-refractivity contribution in [3.8, 4) is 0 Å². The van der Waals surface area contributed by atoms with E-state index in [0.29, 0.717) is 6.54 Å². The van der Waals surface area contributed by atoms with Crippen molar-refractivity contribution in [3.05, 3.63) is 41.5 Å². The van der Waals surface area contributed by atoms with Crippen LogP contribution in [0.1, 0.15) is 48.8 Å². The van der Waals surface area contributed by atoms with E-state index in [4.69, 9.17) is 0 Å². The maximum atomic E-state index is 12.7. The number of para-hydroxylation sites is 1. The topological polar surface area (TPSA) is 88.9 Å². The maximum absolute atomic E-state index is 12.7. The first-order chi connectivity index (χ1) is 12.2. The lowest BCUT2D eigenvalue weighted by molar-refractivity contribution is -0.126. The van der Waals surface area contributed by atoms with Gasteiger partial charge in [0, 0.05) is 25.1 Å². The molecule has 7 nitrogen and oxygen atoms in total. The fraction of sp³-hybridized carbons (Fsp3) is 0.444.